The molecule has 1 amide bonds. The molecule has 0 unspecified atom stereocenters. The van der Waals surface area contributed by atoms with Gasteiger partial charge >= 0.3 is 5.97 Å². The number of rotatable bonds is 8. The second kappa shape index (κ2) is 9.22. The molecule has 1 aliphatic heterocycles. The highest BCUT2D eigenvalue weighted by Gasteiger charge is 2.41. The van der Waals surface area contributed by atoms with E-state index in [2.05, 4.69) is 0 Å². The Morgan fingerprint density at radius 1 is 1.18 bits per heavy atom. The van der Waals surface area contributed by atoms with Crippen LogP contribution in [0.15, 0.2) is 24.3 Å². The van der Waals surface area contributed by atoms with Gasteiger partial charge in [0.05, 0.1) is 6.61 Å². The maximum atomic E-state index is 12.6. The van der Waals surface area contributed by atoms with E-state index in [-0.39, 0.29) is 6.61 Å². The van der Waals surface area contributed by atoms with Crippen LogP contribution in [0.1, 0.15) is 45.6 Å². The van der Waals surface area contributed by atoms with Gasteiger partial charge in [-0.1, -0.05) is 32.9 Å². The molecule has 2 rings (SSSR count). The fourth-order valence-corrected chi connectivity index (χ4v) is 3.16. The molecule has 1 heterocycles. The van der Waals surface area contributed by atoms with Gasteiger partial charge in [0, 0.05) is 38.2 Å². The zero-order chi connectivity index (χ0) is 20.9. The summed E-state index contributed by atoms with van der Waals surface area (Å²) in [5.41, 5.74) is 1.48. The SMILES string of the molecule is CCC(C)(C)C(=O)C(=O)N1CCC[C@H]1C(=O)OCCc1ccc(N(C)C)cc1. The van der Waals surface area contributed by atoms with Gasteiger partial charge in [0.1, 0.15) is 6.04 Å². The van der Waals surface area contributed by atoms with Gasteiger partial charge in [0.2, 0.25) is 5.78 Å². The molecule has 1 aromatic rings. The van der Waals surface area contributed by atoms with E-state index >= 15 is 0 Å². The molecular formula is C22H32N2O4. The molecule has 1 atom stereocenters. The summed E-state index contributed by atoms with van der Waals surface area (Å²) in [6.07, 6.45) is 2.44. The van der Waals surface area contributed by atoms with E-state index in [0.29, 0.717) is 32.2 Å². The smallest absolute Gasteiger partial charge is 0.328 e. The first-order valence-electron chi connectivity index (χ1n) is 9.95. The third kappa shape index (κ3) is 5.12. The number of hydrogen-bond donors (Lipinski definition) is 0. The van der Waals surface area contributed by atoms with E-state index in [9.17, 15) is 14.4 Å². The quantitative estimate of drug-likeness (QED) is 0.506. The van der Waals surface area contributed by atoms with Crippen LogP contribution in [0.3, 0.4) is 0 Å². The van der Waals surface area contributed by atoms with Crippen LogP contribution in [0.4, 0.5) is 5.69 Å². The molecule has 0 N–H and O–H groups in total. The molecule has 154 valence electrons. The third-order valence-electron chi connectivity index (χ3n) is 5.57. The highest BCUT2D eigenvalue weighted by atomic mass is 16.5. The fraction of sp³-hybridized carbons (Fsp3) is 0.591. The molecule has 1 saturated heterocycles. The van der Waals surface area contributed by atoms with Gasteiger partial charge < -0.3 is 14.5 Å². The van der Waals surface area contributed by atoms with Crippen molar-refractivity contribution in [3.8, 4) is 0 Å². The van der Waals surface area contributed by atoms with Crippen LogP contribution >= 0.6 is 0 Å². The number of Topliss-reactive ketones (excluding diaryl/α,β-unsaturated/α-hetero) is 1. The zero-order valence-electron chi connectivity index (χ0n) is 17.7. The van der Waals surface area contributed by atoms with Crippen molar-refractivity contribution in [2.24, 2.45) is 5.41 Å². The highest BCUT2D eigenvalue weighted by molar-refractivity contribution is 6.38. The molecule has 0 radical (unpaired) electrons. The summed E-state index contributed by atoms with van der Waals surface area (Å²) in [6, 6.07) is 7.42. The maximum absolute atomic E-state index is 12.6. The Hall–Kier alpha value is -2.37. The normalized spacial score (nSPS) is 16.8. The van der Waals surface area contributed by atoms with E-state index in [1.54, 1.807) is 13.8 Å². The Balaban J connectivity index is 1.90. The van der Waals surface area contributed by atoms with Gasteiger partial charge in [-0.2, -0.15) is 0 Å². The Labute approximate surface area is 167 Å². The lowest BCUT2D eigenvalue weighted by molar-refractivity contribution is -0.157. The number of benzene rings is 1. The predicted octanol–water partition coefficient (Wildman–Crippen LogP) is 2.83. The average molecular weight is 389 g/mol. The third-order valence-corrected chi connectivity index (χ3v) is 5.57. The number of nitrogens with zero attached hydrogens (tertiary/aromatic N) is 2. The van der Waals surface area contributed by atoms with Crippen molar-refractivity contribution < 1.29 is 19.1 Å². The van der Waals surface area contributed by atoms with Gasteiger partial charge in [-0.3, -0.25) is 9.59 Å². The lowest BCUT2D eigenvalue weighted by Crippen LogP contribution is -2.48. The van der Waals surface area contributed by atoms with Gasteiger partial charge in [-0.15, -0.1) is 0 Å². The average Bonchev–Trinajstić information content (AvgIpc) is 3.17. The molecule has 6 nitrogen and oxygen atoms in total. The largest absolute Gasteiger partial charge is 0.464 e. The lowest BCUT2D eigenvalue weighted by Gasteiger charge is -2.27. The maximum Gasteiger partial charge on any atom is 0.328 e. The van der Waals surface area contributed by atoms with Crippen molar-refractivity contribution in [3.63, 3.8) is 0 Å². The summed E-state index contributed by atoms with van der Waals surface area (Å²) in [6.45, 7) is 6.09. The molecule has 0 saturated carbocycles. The molecular weight excluding hydrogens is 356 g/mol. The van der Waals surface area contributed by atoms with Crippen molar-refractivity contribution >= 4 is 23.3 Å². The number of anilines is 1. The number of ether oxygens (including phenoxy) is 1. The topological polar surface area (TPSA) is 66.9 Å². The lowest BCUT2D eigenvalue weighted by atomic mass is 9.84. The van der Waals surface area contributed by atoms with Gasteiger partial charge in [-0.25, -0.2) is 4.79 Å². The van der Waals surface area contributed by atoms with Crippen molar-refractivity contribution in [3.05, 3.63) is 29.8 Å². The zero-order valence-corrected chi connectivity index (χ0v) is 17.7. The number of ketones is 1. The Kier molecular flexibility index (Phi) is 7.22. The van der Waals surface area contributed by atoms with Crippen LogP contribution in [0.5, 0.6) is 0 Å². The number of carbonyl (C=O) groups is 3. The minimum Gasteiger partial charge on any atom is -0.464 e. The van der Waals surface area contributed by atoms with Crippen molar-refractivity contribution in [2.75, 3.05) is 32.1 Å². The van der Waals surface area contributed by atoms with E-state index in [4.69, 9.17) is 4.74 Å². The van der Waals surface area contributed by atoms with Crippen LogP contribution in [-0.4, -0.2) is 55.8 Å². The van der Waals surface area contributed by atoms with Gasteiger partial charge in [-0.05, 0) is 37.0 Å². The fourth-order valence-electron chi connectivity index (χ4n) is 3.16. The number of amides is 1. The Morgan fingerprint density at radius 3 is 2.39 bits per heavy atom. The molecule has 1 fully saturated rings. The molecule has 6 heteroatoms. The van der Waals surface area contributed by atoms with Crippen LogP contribution < -0.4 is 4.90 Å². The first-order valence-corrected chi connectivity index (χ1v) is 9.95. The van der Waals surface area contributed by atoms with Crippen LogP contribution in [0.25, 0.3) is 0 Å². The second-order valence-corrected chi connectivity index (χ2v) is 8.20. The minimum atomic E-state index is -0.715. The minimum absolute atomic E-state index is 0.257. The molecule has 0 aromatic heterocycles. The van der Waals surface area contributed by atoms with Crippen molar-refractivity contribution in [1.82, 2.24) is 4.90 Å². The number of esters is 1. The van der Waals surface area contributed by atoms with Crippen LogP contribution in [0, 0.1) is 5.41 Å². The molecule has 0 bridgehead atoms. The van der Waals surface area contributed by atoms with Crippen LogP contribution in [0.2, 0.25) is 0 Å². The highest BCUT2D eigenvalue weighted by Crippen LogP contribution is 2.26. The van der Waals surface area contributed by atoms with Crippen LogP contribution in [-0.2, 0) is 25.5 Å². The standard InChI is InChI=1S/C22H32N2O4/c1-6-22(2,3)19(25)20(26)24-14-7-8-18(24)21(27)28-15-13-16-9-11-17(12-10-16)23(4)5/h9-12,18H,6-8,13-15H2,1-5H3/t18-/m0/s1. The number of carbonyl (C=O) groups excluding carboxylic acids is 3. The first kappa shape index (κ1) is 21.9. The van der Waals surface area contributed by atoms with Gasteiger partial charge in [0.15, 0.2) is 0 Å². The second-order valence-electron chi connectivity index (χ2n) is 8.20. The van der Waals surface area contributed by atoms with Crippen molar-refractivity contribution in [2.45, 2.75) is 52.5 Å². The number of hydrogen-bond acceptors (Lipinski definition) is 5. The van der Waals surface area contributed by atoms with E-state index in [1.165, 1.54) is 4.90 Å². The molecule has 1 aliphatic rings. The Bertz CT molecular complexity index is 710. The molecule has 1 aromatic carbocycles. The monoisotopic (exact) mass is 388 g/mol. The summed E-state index contributed by atoms with van der Waals surface area (Å²) < 4.78 is 5.43. The molecule has 28 heavy (non-hydrogen) atoms. The predicted molar refractivity (Wildman–Crippen MR) is 109 cm³/mol. The summed E-state index contributed by atoms with van der Waals surface area (Å²) in [7, 11) is 3.97. The summed E-state index contributed by atoms with van der Waals surface area (Å²) in [4.78, 5) is 41.0. The molecule has 0 aliphatic carbocycles. The summed E-state index contributed by atoms with van der Waals surface area (Å²) >= 11 is 0. The van der Waals surface area contributed by atoms with E-state index in [1.807, 2.05) is 50.2 Å². The number of likely N-dealkylation sites (tertiary alicyclic amines) is 1. The van der Waals surface area contributed by atoms with Gasteiger partial charge in [0.25, 0.3) is 5.91 Å². The molecule has 0 spiro atoms. The van der Waals surface area contributed by atoms with E-state index in [0.717, 1.165) is 11.3 Å². The Morgan fingerprint density at radius 2 is 1.82 bits per heavy atom. The summed E-state index contributed by atoms with van der Waals surface area (Å²) in [5.74, 6) is -1.42. The summed E-state index contributed by atoms with van der Waals surface area (Å²) in [5, 5.41) is 0. The van der Waals surface area contributed by atoms with E-state index < -0.39 is 29.1 Å². The van der Waals surface area contributed by atoms with Crippen molar-refractivity contribution in [1.29, 1.82) is 0 Å². The first-order chi connectivity index (χ1) is 13.2.